The highest BCUT2D eigenvalue weighted by Crippen LogP contribution is 2.23. The van der Waals surface area contributed by atoms with Gasteiger partial charge in [-0.05, 0) is 60.5 Å². The molecule has 158 valence electrons. The van der Waals surface area contributed by atoms with Gasteiger partial charge in [0, 0.05) is 23.4 Å². The van der Waals surface area contributed by atoms with Crippen LogP contribution in [0.4, 0.5) is 15.3 Å². The Morgan fingerprint density at radius 1 is 0.968 bits per heavy atom. The number of carbonyl (C=O) groups excluding carboxylic acids is 1. The minimum atomic E-state index is -4.83. The number of hydrogen-bond donors (Lipinski definition) is 1. The van der Waals surface area contributed by atoms with Crippen molar-refractivity contribution in [1.82, 2.24) is 0 Å². The van der Waals surface area contributed by atoms with E-state index in [4.69, 9.17) is 0 Å². The molecular formula is C22H17FN2O5S. The number of hydrogen-bond acceptors (Lipinski definition) is 5. The van der Waals surface area contributed by atoms with Crippen LogP contribution in [-0.2, 0) is 15.0 Å². The Morgan fingerprint density at radius 3 is 2.06 bits per heavy atom. The Kier molecular flexibility index (Phi) is 6.26. The summed E-state index contributed by atoms with van der Waals surface area (Å²) in [7, 11) is -4.83. The number of halogens is 1. The molecule has 0 heterocycles. The van der Waals surface area contributed by atoms with Gasteiger partial charge in [0.25, 0.3) is 11.6 Å². The van der Waals surface area contributed by atoms with E-state index in [1.807, 2.05) is 19.1 Å². The van der Waals surface area contributed by atoms with E-state index in [-0.39, 0.29) is 16.9 Å². The number of rotatable bonds is 6. The molecule has 3 aromatic rings. The lowest BCUT2D eigenvalue weighted by Gasteiger charge is -2.11. The largest absolute Gasteiger partial charge is 0.332 e. The molecule has 0 saturated carbocycles. The summed E-state index contributed by atoms with van der Waals surface area (Å²) in [5, 5.41) is 13.5. The summed E-state index contributed by atoms with van der Waals surface area (Å²) in [6, 6.07) is 17.6. The van der Waals surface area contributed by atoms with E-state index >= 15 is 0 Å². The average molecular weight is 440 g/mol. The molecule has 0 aromatic heterocycles. The van der Waals surface area contributed by atoms with Crippen molar-refractivity contribution in [3.05, 3.63) is 99.6 Å². The minimum Gasteiger partial charge on any atom is -0.322 e. The molecule has 1 amide bonds. The minimum absolute atomic E-state index is 0.0682. The number of nitrogens with one attached hydrogen (secondary N) is 1. The number of non-ortho nitro benzene ring substituents is 1. The highest BCUT2D eigenvalue weighted by atomic mass is 32.3. The Balaban J connectivity index is 1.94. The maximum absolute atomic E-state index is 13.1. The third kappa shape index (κ3) is 5.61. The van der Waals surface area contributed by atoms with Crippen LogP contribution >= 0.6 is 0 Å². The van der Waals surface area contributed by atoms with Gasteiger partial charge in [-0.1, -0.05) is 29.8 Å². The number of amides is 1. The molecule has 9 heteroatoms. The van der Waals surface area contributed by atoms with E-state index in [1.54, 1.807) is 18.2 Å². The summed E-state index contributed by atoms with van der Waals surface area (Å²) in [5.41, 5.74) is 2.69. The van der Waals surface area contributed by atoms with Gasteiger partial charge in [-0.15, -0.1) is 3.89 Å². The van der Waals surface area contributed by atoms with Crippen LogP contribution < -0.4 is 5.32 Å². The van der Waals surface area contributed by atoms with Crippen molar-refractivity contribution in [2.75, 3.05) is 5.32 Å². The molecule has 0 radical (unpaired) electrons. The fourth-order valence-corrected chi connectivity index (χ4v) is 3.23. The van der Waals surface area contributed by atoms with Gasteiger partial charge in [0.2, 0.25) is 0 Å². The average Bonchev–Trinajstić information content (AvgIpc) is 2.73. The molecule has 0 aliphatic carbocycles. The van der Waals surface area contributed by atoms with Crippen molar-refractivity contribution >= 4 is 39.2 Å². The van der Waals surface area contributed by atoms with Crippen LogP contribution in [0, 0.1) is 17.0 Å². The fourth-order valence-electron chi connectivity index (χ4n) is 2.77. The maximum Gasteiger partial charge on any atom is 0.332 e. The molecule has 0 spiro atoms. The standard InChI is InChI=1S/C22H17FN2O5S/c1-15-2-6-17(7-3-15)21(14-16-4-10-19(11-5-16)25(27)28)22(26)24-18-8-12-20(13-9-18)31(23,29)30/h2-14H,1H3,(H,24,26)/b21-14+. The summed E-state index contributed by atoms with van der Waals surface area (Å²) in [6.45, 7) is 1.91. The SMILES string of the molecule is Cc1ccc(/C(=C\c2ccc([N+](=O)[O-])cc2)C(=O)Nc2ccc(S(=O)(=O)F)cc2)cc1. The summed E-state index contributed by atoms with van der Waals surface area (Å²) < 4.78 is 35.0. The lowest BCUT2D eigenvalue weighted by molar-refractivity contribution is -0.384. The summed E-state index contributed by atoms with van der Waals surface area (Å²) in [5.74, 6) is -0.488. The molecule has 0 aliphatic rings. The summed E-state index contributed by atoms with van der Waals surface area (Å²) in [6.07, 6.45) is 1.59. The molecule has 31 heavy (non-hydrogen) atoms. The third-order valence-electron chi connectivity index (χ3n) is 4.42. The second kappa shape index (κ2) is 8.88. The molecule has 7 nitrogen and oxygen atoms in total. The van der Waals surface area contributed by atoms with Crippen LogP contribution in [-0.4, -0.2) is 19.2 Å². The normalized spacial score (nSPS) is 11.7. The van der Waals surface area contributed by atoms with Gasteiger partial charge in [-0.2, -0.15) is 8.42 Å². The first-order valence-corrected chi connectivity index (χ1v) is 10.4. The van der Waals surface area contributed by atoms with Crippen LogP contribution in [0.2, 0.25) is 0 Å². The van der Waals surface area contributed by atoms with Crippen LogP contribution in [0.15, 0.2) is 77.7 Å². The van der Waals surface area contributed by atoms with Gasteiger partial charge in [0.1, 0.15) is 0 Å². The van der Waals surface area contributed by atoms with E-state index in [1.165, 1.54) is 36.4 Å². The zero-order chi connectivity index (χ0) is 22.6. The molecule has 0 unspecified atom stereocenters. The number of carbonyl (C=O) groups is 1. The van der Waals surface area contributed by atoms with Gasteiger partial charge >= 0.3 is 10.2 Å². The molecule has 3 aromatic carbocycles. The van der Waals surface area contributed by atoms with Gasteiger partial charge in [-0.3, -0.25) is 14.9 Å². The number of aryl methyl sites for hydroxylation is 1. The van der Waals surface area contributed by atoms with Gasteiger partial charge in [0.15, 0.2) is 0 Å². The molecule has 0 aliphatic heterocycles. The molecule has 0 bridgehead atoms. The third-order valence-corrected chi connectivity index (χ3v) is 5.25. The topological polar surface area (TPSA) is 106 Å². The van der Waals surface area contributed by atoms with Crippen molar-refractivity contribution in [3.8, 4) is 0 Å². The summed E-state index contributed by atoms with van der Waals surface area (Å²) in [4.78, 5) is 22.8. The van der Waals surface area contributed by atoms with E-state index in [0.717, 1.165) is 17.7 Å². The Labute approximate surface area is 178 Å². The first kappa shape index (κ1) is 21.8. The quantitative estimate of drug-likeness (QED) is 0.196. The second-order valence-electron chi connectivity index (χ2n) is 6.69. The number of benzene rings is 3. The van der Waals surface area contributed by atoms with Crippen molar-refractivity contribution in [1.29, 1.82) is 0 Å². The zero-order valence-corrected chi connectivity index (χ0v) is 17.1. The Morgan fingerprint density at radius 2 is 1.55 bits per heavy atom. The van der Waals surface area contributed by atoms with Crippen molar-refractivity contribution in [2.45, 2.75) is 11.8 Å². The Bertz CT molecular complexity index is 1250. The van der Waals surface area contributed by atoms with Gasteiger partial charge in [-0.25, -0.2) is 0 Å². The molecule has 0 saturated heterocycles. The molecule has 0 atom stereocenters. The van der Waals surface area contributed by atoms with Gasteiger partial charge < -0.3 is 5.32 Å². The maximum atomic E-state index is 13.1. The first-order chi connectivity index (χ1) is 14.6. The number of nitrogens with zero attached hydrogens (tertiary/aromatic N) is 1. The van der Waals surface area contributed by atoms with Gasteiger partial charge in [0.05, 0.1) is 9.82 Å². The molecule has 1 N–H and O–H groups in total. The smallest absolute Gasteiger partial charge is 0.322 e. The van der Waals surface area contributed by atoms with Crippen LogP contribution in [0.5, 0.6) is 0 Å². The molecule has 0 fully saturated rings. The lowest BCUT2D eigenvalue weighted by atomic mass is 10.0. The lowest BCUT2D eigenvalue weighted by Crippen LogP contribution is -2.13. The first-order valence-electron chi connectivity index (χ1n) is 9.03. The number of nitro benzene ring substituents is 1. The summed E-state index contributed by atoms with van der Waals surface area (Å²) >= 11 is 0. The van der Waals surface area contributed by atoms with Crippen LogP contribution in [0.1, 0.15) is 16.7 Å². The van der Waals surface area contributed by atoms with E-state index in [0.29, 0.717) is 11.1 Å². The predicted molar refractivity (Wildman–Crippen MR) is 116 cm³/mol. The van der Waals surface area contributed by atoms with Crippen LogP contribution in [0.3, 0.4) is 0 Å². The zero-order valence-electron chi connectivity index (χ0n) is 16.3. The Hall–Kier alpha value is -3.85. The monoisotopic (exact) mass is 440 g/mol. The van der Waals surface area contributed by atoms with E-state index in [2.05, 4.69) is 5.32 Å². The van der Waals surface area contributed by atoms with Crippen molar-refractivity contribution in [3.63, 3.8) is 0 Å². The highest BCUT2D eigenvalue weighted by molar-refractivity contribution is 7.86. The second-order valence-corrected chi connectivity index (χ2v) is 8.04. The van der Waals surface area contributed by atoms with Crippen molar-refractivity contribution < 1.29 is 22.0 Å². The number of nitro groups is 1. The van der Waals surface area contributed by atoms with Crippen molar-refractivity contribution in [2.24, 2.45) is 0 Å². The van der Waals surface area contributed by atoms with E-state index in [9.17, 15) is 27.2 Å². The highest BCUT2D eigenvalue weighted by Gasteiger charge is 2.15. The predicted octanol–water partition coefficient (Wildman–Crippen LogP) is 4.74. The van der Waals surface area contributed by atoms with E-state index < -0.39 is 25.9 Å². The fraction of sp³-hybridized carbons (Fsp3) is 0.0455. The number of anilines is 1. The molecular weight excluding hydrogens is 423 g/mol. The van der Waals surface area contributed by atoms with Crippen LogP contribution in [0.25, 0.3) is 11.6 Å². The molecule has 3 rings (SSSR count).